The summed E-state index contributed by atoms with van der Waals surface area (Å²) in [5, 5.41) is 0. The molecule has 6 rings (SSSR count). The van der Waals surface area contributed by atoms with E-state index in [2.05, 4.69) is 27.8 Å². The van der Waals surface area contributed by atoms with Gasteiger partial charge in [0.25, 0.3) is 0 Å². The maximum atomic E-state index is 13.4. The van der Waals surface area contributed by atoms with Crippen LogP contribution in [-0.2, 0) is 22.5 Å². The largest absolute Gasteiger partial charge is 0.385 e. The molecule has 3 aromatic carbocycles. The number of hydrogen-bond acceptors (Lipinski definition) is 5. The highest BCUT2D eigenvalue weighted by Gasteiger charge is 2.29. The molecule has 3 heterocycles. The van der Waals surface area contributed by atoms with E-state index in [1.807, 2.05) is 60.4 Å². The molecule has 224 valence electrons. The first kappa shape index (κ1) is 28.9. The number of hydrogen-bond donors (Lipinski definition) is 2. The number of para-hydroxylation sites is 2. The summed E-state index contributed by atoms with van der Waals surface area (Å²) >= 11 is 0. The molecule has 43 heavy (non-hydrogen) atoms. The Morgan fingerprint density at radius 1 is 1.12 bits per heavy atom. The number of carbonyl (C=O) groups is 1. The van der Waals surface area contributed by atoms with Crippen LogP contribution < -0.4 is 11.4 Å². The van der Waals surface area contributed by atoms with Crippen LogP contribution in [0.4, 0.5) is 0 Å². The molecule has 0 bridgehead atoms. The quantitative estimate of drug-likeness (QED) is 0.233. The molecule has 0 aliphatic carbocycles. The van der Waals surface area contributed by atoms with Crippen molar-refractivity contribution >= 4 is 28.0 Å². The summed E-state index contributed by atoms with van der Waals surface area (Å²) in [7, 11) is 1.73. The second kappa shape index (κ2) is 12.6. The van der Waals surface area contributed by atoms with Crippen molar-refractivity contribution in [1.82, 2.24) is 24.0 Å². The van der Waals surface area contributed by atoms with Gasteiger partial charge in [-0.2, -0.15) is 0 Å². The monoisotopic (exact) mass is 580 g/mol. The number of methoxy groups -OCH3 is 1. The fourth-order valence-electron chi connectivity index (χ4n) is 6.41. The minimum absolute atomic E-state index is 0.0940. The number of imidazole rings is 2. The average molecular weight is 581 g/mol. The van der Waals surface area contributed by atoms with Crippen molar-refractivity contribution in [3.05, 3.63) is 94.2 Å². The van der Waals surface area contributed by atoms with Gasteiger partial charge in [0, 0.05) is 51.7 Å². The molecule has 0 radical (unpaired) electrons. The number of fused-ring (bicyclic) bond motifs is 2. The van der Waals surface area contributed by atoms with Gasteiger partial charge >= 0.3 is 5.69 Å². The fourth-order valence-corrected chi connectivity index (χ4v) is 6.41. The summed E-state index contributed by atoms with van der Waals surface area (Å²) in [6.07, 6.45) is 3.74. The van der Waals surface area contributed by atoms with Crippen molar-refractivity contribution < 1.29 is 9.53 Å². The molecular formula is C34H40N6O3. The standard InChI is InChI=1S/C34H40N6O3/c1-23-10-15-31-29(19-23)37-34(42)40(31)27-13-11-24(12-14-27)20-26(35)21-32(41)38-16-5-7-25(22-38)33-36-28-8-3-4-9-30(28)39(33)17-6-18-43-2/h3-4,8-15,19,25-26H,5-7,16-18,20-22,35H2,1-2H3,(H,37,42). The van der Waals surface area contributed by atoms with E-state index in [0.29, 0.717) is 26.0 Å². The number of aromatic nitrogens is 4. The predicted octanol–water partition coefficient (Wildman–Crippen LogP) is 4.68. The number of nitrogens with two attached hydrogens (primary N) is 1. The highest BCUT2D eigenvalue weighted by atomic mass is 16.5. The van der Waals surface area contributed by atoms with Crippen molar-refractivity contribution in [2.24, 2.45) is 5.73 Å². The first-order chi connectivity index (χ1) is 20.9. The molecule has 1 amide bonds. The predicted molar refractivity (Wildman–Crippen MR) is 170 cm³/mol. The average Bonchev–Trinajstić information content (AvgIpc) is 3.54. The molecule has 1 aliphatic rings. The normalized spacial score (nSPS) is 16.3. The summed E-state index contributed by atoms with van der Waals surface area (Å²) in [6.45, 7) is 4.95. The topological polar surface area (TPSA) is 111 Å². The van der Waals surface area contributed by atoms with Crippen LogP contribution in [0.15, 0.2) is 71.5 Å². The zero-order valence-electron chi connectivity index (χ0n) is 25.0. The van der Waals surface area contributed by atoms with Crippen molar-refractivity contribution in [1.29, 1.82) is 0 Å². The summed E-state index contributed by atoms with van der Waals surface area (Å²) in [6, 6.07) is 21.7. The molecule has 5 aromatic rings. The second-order valence-corrected chi connectivity index (χ2v) is 11.8. The highest BCUT2D eigenvalue weighted by Crippen LogP contribution is 2.30. The number of benzene rings is 3. The number of likely N-dealkylation sites (tertiary alicyclic amines) is 1. The number of ether oxygens (including phenoxy) is 1. The molecule has 3 N–H and O–H groups in total. The number of carbonyl (C=O) groups excluding carboxylic acids is 1. The Hall–Kier alpha value is -4.21. The van der Waals surface area contributed by atoms with Gasteiger partial charge < -0.3 is 24.9 Å². The van der Waals surface area contributed by atoms with E-state index in [0.717, 1.165) is 77.1 Å². The first-order valence-electron chi connectivity index (χ1n) is 15.2. The number of piperidine rings is 1. The molecule has 1 saturated heterocycles. The minimum Gasteiger partial charge on any atom is -0.385 e. The van der Waals surface area contributed by atoms with Crippen LogP contribution in [-0.4, -0.2) is 62.8 Å². The lowest BCUT2D eigenvalue weighted by atomic mass is 9.96. The van der Waals surface area contributed by atoms with Gasteiger partial charge in [-0.05, 0) is 80.1 Å². The van der Waals surface area contributed by atoms with E-state index < -0.39 is 0 Å². The van der Waals surface area contributed by atoms with E-state index in [9.17, 15) is 9.59 Å². The Balaban J connectivity index is 1.10. The molecule has 0 saturated carbocycles. The summed E-state index contributed by atoms with van der Waals surface area (Å²) in [5.41, 5.74) is 13.1. The van der Waals surface area contributed by atoms with Gasteiger partial charge in [0.05, 0.1) is 27.8 Å². The van der Waals surface area contributed by atoms with Gasteiger partial charge in [-0.15, -0.1) is 0 Å². The van der Waals surface area contributed by atoms with Gasteiger partial charge in [0.2, 0.25) is 5.91 Å². The van der Waals surface area contributed by atoms with Crippen LogP contribution in [0.1, 0.15) is 48.6 Å². The lowest BCUT2D eigenvalue weighted by Crippen LogP contribution is -2.42. The number of nitrogens with zero attached hydrogens (tertiary/aromatic N) is 4. The molecule has 0 spiro atoms. The smallest absolute Gasteiger partial charge is 0.331 e. The SMILES string of the molecule is COCCCn1c(C2CCCN(C(=O)CC(N)Cc3ccc(-n4c(=O)[nH]c5cc(C)ccc54)cc3)C2)nc2ccccc21. The van der Waals surface area contributed by atoms with E-state index in [1.165, 1.54) is 0 Å². The summed E-state index contributed by atoms with van der Waals surface area (Å²) in [4.78, 5) is 36.0. The molecule has 2 atom stereocenters. The van der Waals surface area contributed by atoms with E-state index in [4.69, 9.17) is 15.5 Å². The van der Waals surface area contributed by atoms with Crippen molar-refractivity contribution in [2.45, 2.75) is 57.5 Å². The van der Waals surface area contributed by atoms with Crippen LogP contribution >= 0.6 is 0 Å². The fraction of sp³-hybridized carbons (Fsp3) is 0.382. The van der Waals surface area contributed by atoms with Gasteiger partial charge in [-0.25, -0.2) is 9.78 Å². The molecule has 1 fully saturated rings. The molecule has 9 heteroatoms. The molecule has 2 aromatic heterocycles. The number of nitrogens with one attached hydrogen (secondary N) is 1. The van der Waals surface area contributed by atoms with Gasteiger partial charge in [0.1, 0.15) is 5.82 Å². The lowest BCUT2D eigenvalue weighted by molar-refractivity contribution is -0.132. The third-order valence-electron chi connectivity index (χ3n) is 8.52. The summed E-state index contributed by atoms with van der Waals surface area (Å²) in [5.74, 6) is 1.34. The summed E-state index contributed by atoms with van der Waals surface area (Å²) < 4.78 is 9.29. The molecular weight excluding hydrogens is 540 g/mol. The molecule has 1 aliphatic heterocycles. The van der Waals surface area contributed by atoms with Crippen molar-refractivity contribution in [3.8, 4) is 5.69 Å². The van der Waals surface area contributed by atoms with E-state index >= 15 is 0 Å². The van der Waals surface area contributed by atoms with Crippen molar-refractivity contribution in [2.75, 3.05) is 26.8 Å². The van der Waals surface area contributed by atoms with Gasteiger partial charge in [-0.1, -0.05) is 30.3 Å². The third kappa shape index (κ3) is 6.14. The maximum absolute atomic E-state index is 13.4. The van der Waals surface area contributed by atoms with Gasteiger partial charge in [-0.3, -0.25) is 9.36 Å². The minimum atomic E-state index is -0.295. The number of H-pyrrole nitrogens is 1. The Morgan fingerprint density at radius 2 is 1.93 bits per heavy atom. The van der Waals surface area contributed by atoms with Crippen molar-refractivity contribution in [3.63, 3.8) is 0 Å². The Bertz CT molecular complexity index is 1780. The molecule has 9 nitrogen and oxygen atoms in total. The lowest BCUT2D eigenvalue weighted by Gasteiger charge is -2.33. The van der Waals surface area contributed by atoms with Crippen LogP contribution in [0.3, 0.4) is 0 Å². The number of rotatable bonds is 10. The Labute approximate surface area is 251 Å². The first-order valence-corrected chi connectivity index (χ1v) is 15.2. The zero-order valence-corrected chi connectivity index (χ0v) is 25.0. The third-order valence-corrected chi connectivity index (χ3v) is 8.52. The zero-order chi connectivity index (χ0) is 29.9. The maximum Gasteiger partial charge on any atom is 0.331 e. The molecule has 2 unspecified atom stereocenters. The van der Waals surface area contributed by atoms with E-state index in [-0.39, 0.29) is 23.6 Å². The number of aryl methyl sites for hydroxylation is 2. The van der Waals surface area contributed by atoms with E-state index in [1.54, 1.807) is 11.7 Å². The number of amides is 1. The van der Waals surface area contributed by atoms with Crippen LogP contribution in [0, 0.1) is 6.92 Å². The Kier molecular flexibility index (Phi) is 8.44. The number of aromatic amines is 1. The van der Waals surface area contributed by atoms with Gasteiger partial charge in [0.15, 0.2) is 0 Å². The highest BCUT2D eigenvalue weighted by molar-refractivity contribution is 5.79. The van der Waals surface area contributed by atoms with Crippen LogP contribution in [0.25, 0.3) is 27.8 Å². The van der Waals surface area contributed by atoms with Crippen LogP contribution in [0.2, 0.25) is 0 Å². The van der Waals surface area contributed by atoms with Crippen LogP contribution in [0.5, 0.6) is 0 Å². The Morgan fingerprint density at radius 3 is 2.74 bits per heavy atom. The second-order valence-electron chi connectivity index (χ2n) is 11.8.